The fourth-order valence-electron chi connectivity index (χ4n) is 3.34. The van der Waals surface area contributed by atoms with E-state index < -0.39 is 0 Å². The van der Waals surface area contributed by atoms with Crippen LogP contribution in [0.2, 0.25) is 0 Å². The summed E-state index contributed by atoms with van der Waals surface area (Å²) in [6.07, 6.45) is 5.49. The summed E-state index contributed by atoms with van der Waals surface area (Å²) in [5, 5.41) is 12.2. The molecular formula is C13H23NO3. The van der Waals surface area contributed by atoms with Crippen molar-refractivity contribution in [3.8, 4) is 0 Å². The van der Waals surface area contributed by atoms with E-state index in [2.05, 4.69) is 5.32 Å². The number of hydrogen-bond donors (Lipinski definition) is 2. The van der Waals surface area contributed by atoms with Gasteiger partial charge < -0.3 is 15.2 Å². The standard InChI is InChI=1S/C13H23NO3/c1-17-5-4-11(8-15)14-13(16)12-7-9-2-3-10(12)6-9/h9-12,15H,2-8H2,1H3,(H,14,16). The third-order valence-corrected chi connectivity index (χ3v) is 4.31. The van der Waals surface area contributed by atoms with Crippen molar-refractivity contribution in [2.75, 3.05) is 20.3 Å². The monoisotopic (exact) mass is 241 g/mol. The number of hydrogen-bond acceptors (Lipinski definition) is 3. The highest BCUT2D eigenvalue weighted by atomic mass is 16.5. The van der Waals surface area contributed by atoms with Crippen molar-refractivity contribution in [2.24, 2.45) is 17.8 Å². The number of aliphatic hydroxyl groups is 1. The molecule has 2 rings (SSSR count). The van der Waals surface area contributed by atoms with E-state index in [0.29, 0.717) is 18.9 Å². The zero-order chi connectivity index (χ0) is 12.3. The lowest BCUT2D eigenvalue weighted by molar-refractivity contribution is -0.127. The summed E-state index contributed by atoms with van der Waals surface area (Å²) >= 11 is 0. The zero-order valence-corrected chi connectivity index (χ0v) is 10.5. The van der Waals surface area contributed by atoms with Gasteiger partial charge in [-0.1, -0.05) is 6.42 Å². The predicted octanol–water partition coefficient (Wildman–Crippen LogP) is 0.936. The first kappa shape index (κ1) is 12.8. The lowest BCUT2D eigenvalue weighted by Crippen LogP contribution is -2.42. The molecule has 1 amide bonds. The Balaban J connectivity index is 1.79. The second-order valence-electron chi connectivity index (χ2n) is 5.45. The number of carbonyl (C=O) groups excluding carboxylic acids is 1. The number of rotatable bonds is 6. The second-order valence-corrected chi connectivity index (χ2v) is 5.45. The number of ether oxygens (including phenoxy) is 1. The topological polar surface area (TPSA) is 58.6 Å². The van der Waals surface area contributed by atoms with E-state index in [1.807, 2.05) is 0 Å². The fourth-order valence-corrected chi connectivity index (χ4v) is 3.34. The molecule has 4 heteroatoms. The number of aliphatic hydroxyl groups excluding tert-OH is 1. The van der Waals surface area contributed by atoms with E-state index in [-0.39, 0.29) is 24.5 Å². The Morgan fingerprint density at radius 2 is 2.29 bits per heavy atom. The quantitative estimate of drug-likeness (QED) is 0.727. The molecule has 98 valence electrons. The van der Waals surface area contributed by atoms with Gasteiger partial charge in [-0.2, -0.15) is 0 Å². The molecule has 4 nitrogen and oxygen atoms in total. The first-order valence-corrected chi connectivity index (χ1v) is 6.64. The highest BCUT2D eigenvalue weighted by Crippen LogP contribution is 2.48. The van der Waals surface area contributed by atoms with Crippen molar-refractivity contribution in [1.29, 1.82) is 0 Å². The van der Waals surface area contributed by atoms with E-state index in [4.69, 9.17) is 4.74 Å². The van der Waals surface area contributed by atoms with Gasteiger partial charge in [-0.25, -0.2) is 0 Å². The molecule has 17 heavy (non-hydrogen) atoms. The first-order chi connectivity index (χ1) is 8.24. The Bertz CT molecular complexity index is 269. The largest absolute Gasteiger partial charge is 0.394 e. The van der Waals surface area contributed by atoms with Crippen LogP contribution < -0.4 is 5.32 Å². The maximum atomic E-state index is 12.1. The van der Waals surface area contributed by atoms with E-state index in [1.165, 1.54) is 19.3 Å². The van der Waals surface area contributed by atoms with Crippen LogP contribution in [0.3, 0.4) is 0 Å². The molecule has 0 aromatic carbocycles. The maximum Gasteiger partial charge on any atom is 0.223 e. The molecule has 2 fully saturated rings. The molecule has 0 spiro atoms. The van der Waals surface area contributed by atoms with Crippen LogP contribution >= 0.6 is 0 Å². The van der Waals surface area contributed by atoms with Gasteiger partial charge in [0, 0.05) is 19.6 Å². The Morgan fingerprint density at radius 1 is 1.47 bits per heavy atom. The highest BCUT2D eigenvalue weighted by Gasteiger charge is 2.43. The molecule has 0 aliphatic heterocycles. The molecule has 0 heterocycles. The van der Waals surface area contributed by atoms with Gasteiger partial charge >= 0.3 is 0 Å². The van der Waals surface area contributed by atoms with Gasteiger partial charge in [0.25, 0.3) is 0 Å². The Morgan fingerprint density at radius 3 is 2.82 bits per heavy atom. The summed E-state index contributed by atoms with van der Waals surface area (Å²) in [7, 11) is 1.63. The molecule has 0 saturated heterocycles. The van der Waals surface area contributed by atoms with E-state index in [9.17, 15) is 9.90 Å². The Labute approximate surface area is 103 Å². The predicted molar refractivity (Wildman–Crippen MR) is 64.4 cm³/mol. The van der Waals surface area contributed by atoms with Crippen LogP contribution in [0.5, 0.6) is 0 Å². The molecule has 4 unspecified atom stereocenters. The summed E-state index contributed by atoms with van der Waals surface area (Å²) < 4.78 is 4.97. The summed E-state index contributed by atoms with van der Waals surface area (Å²) in [4.78, 5) is 12.1. The molecular weight excluding hydrogens is 218 g/mol. The minimum Gasteiger partial charge on any atom is -0.394 e. The SMILES string of the molecule is COCCC(CO)NC(=O)C1CC2CCC1C2. The molecule has 2 saturated carbocycles. The van der Waals surface area contributed by atoms with Crippen LogP contribution in [-0.4, -0.2) is 37.4 Å². The number of methoxy groups -OCH3 is 1. The van der Waals surface area contributed by atoms with Gasteiger partial charge in [-0.15, -0.1) is 0 Å². The van der Waals surface area contributed by atoms with Crippen LogP contribution in [0.4, 0.5) is 0 Å². The third-order valence-electron chi connectivity index (χ3n) is 4.31. The number of amides is 1. The number of nitrogens with one attached hydrogen (secondary N) is 1. The van der Waals surface area contributed by atoms with Gasteiger partial charge in [-0.3, -0.25) is 4.79 Å². The normalized spacial score (nSPS) is 32.7. The van der Waals surface area contributed by atoms with Crippen molar-refractivity contribution in [2.45, 2.75) is 38.1 Å². The number of carbonyl (C=O) groups is 1. The summed E-state index contributed by atoms with van der Waals surface area (Å²) in [5.41, 5.74) is 0. The molecule has 4 atom stereocenters. The molecule has 2 aliphatic carbocycles. The highest BCUT2D eigenvalue weighted by molar-refractivity contribution is 5.79. The molecule has 0 radical (unpaired) electrons. The lowest BCUT2D eigenvalue weighted by Gasteiger charge is -2.24. The van der Waals surface area contributed by atoms with E-state index in [0.717, 1.165) is 12.3 Å². The Kier molecular flexibility index (Phi) is 4.40. The van der Waals surface area contributed by atoms with Gasteiger partial charge in [0.05, 0.1) is 12.6 Å². The average molecular weight is 241 g/mol. The van der Waals surface area contributed by atoms with Crippen LogP contribution in [0.25, 0.3) is 0 Å². The maximum absolute atomic E-state index is 12.1. The fraction of sp³-hybridized carbons (Fsp3) is 0.923. The smallest absolute Gasteiger partial charge is 0.223 e. The molecule has 2 bridgehead atoms. The van der Waals surface area contributed by atoms with Crippen LogP contribution in [0.15, 0.2) is 0 Å². The van der Waals surface area contributed by atoms with Gasteiger partial charge in [0.1, 0.15) is 0 Å². The third kappa shape index (κ3) is 2.99. The second kappa shape index (κ2) is 5.83. The molecule has 2 aliphatic rings. The minimum atomic E-state index is -0.151. The van der Waals surface area contributed by atoms with Crippen molar-refractivity contribution in [3.05, 3.63) is 0 Å². The van der Waals surface area contributed by atoms with Crippen molar-refractivity contribution < 1.29 is 14.6 Å². The number of fused-ring (bicyclic) bond motifs is 2. The van der Waals surface area contributed by atoms with E-state index >= 15 is 0 Å². The summed E-state index contributed by atoms with van der Waals surface area (Å²) in [6, 6.07) is -0.151. The molecule has 0 aromatic heterocycles. The summed E-state index contributed by atoms with van der Waals surface area (Å²) in [5.74, 6) is 1.72. The Hall–Kier alpha value is -0.610. The molecule has 2 N–H and O–H groups in total. The van der Waals surface area contributed by atoms with Crippen LogP contribution in [0.1, 0.15) is 32.1 Å². The van der Waals surface area contributed by atoms with Gasteiger partial charge in [0.15, 0.2) is 0 Å². The minimum absolute atomic E-state index is 0.00405. The summed E-state index contributed by atoms with van der Waals surface area (Å²) in [6.45, 7) is 0.568. The van der Waals surface area contributed by atoms with Crippen LogP contribution in [-0.2, 0) is 9.53 Å². The van der Waals surface area contributed by atoms with Crippen molar-refractivity contribution in [3.63, 3.8) is 0 Å². The zero-order valence-electron chi connectivity index (χ0n) is 10.5. The van der Waals surface area contributed by atoms with Gasteiger partial charge in [-0.05, 0) is 37.5 Å². The average Bonchev–Trinajstić information content (AvgIpc) is 2.96. The first-order valence-electron chi connectivity index (χ1n) is 6.64. The van der Waals surface area contributed by atoms with Crippen molar-refractivity contribution >= 4 is 5.91 Å². The van der Waals surface area contributed by atoms with Crippen molar-refractivity contribution in [1.82, 2.24) is 5.32 Å². The molecule has 0 aromatic rings. The van der Waals surface area contributed by atoms with E-state index in [1.54, 1.807) is 7.11 Å². The van der Waals surface area contributed by atoms with Crippen LogP contribution in [0, 0.1) is 17.8 Å². The van der Waals surface area contributed by atoms with Gasteiger partial charge in [0.2, 0.25) is 5.91 Å². The lowest BCUT2D eigenvalue weighted by atomic mass is 9.88.